The van der Waals surface area contributed by atoms with Crippen LogP contribution >= 0.6 is 11.8 Å². The first-order valence-corrected chi connectivity index (χ1v) is 10.2. The molecule has 0 spiro atoms. The van der Waals surface area contributed by atoms with Crippen molar-refractivity contribution in [1.29, 1.82) is 0 Å². The second kappa shape index (κ2) is 6.63. The van der Waals surface area contributed by atoms with E-state index in [-0.39, 0.29) is 17.9 Å². The van der Waals surface area contributed by atoms with Crippen molar-refractivity contribution in [2.45, 2.75) is 18.9 Å². The molecule has 1 atom stereocenters. The first kappa shape index (κ1) is 17.3. The highest BCUT2D eigenvalue weighted by molar-refractivity contribution is 8.15. The topological polar surface area (TPSA) is 59.0 Å². The van der Waals surface area contributed by atoms with E-state index in [1.165, 1.54) is 30.0 Å². The fourth-order valence-corrected chi connectivity index (χ4v) is 5.06. The summed E-state index contributed by atoms with van der Waals surface area (Å²) in [6.07, 6.45) is 1.80. The average molecular weight is 390 g/mol. The van der Waals surface area contributed by atoms with Gasteiger partial charge in [-0.25, -0.2) is 9.79 Å². The van der Waals surface area contributed by atoms with E-state index in [1.54, 1.807) is 12.1 Å². The number of thioether (sulfide) groups is 1. The van der Waals surface area contributed by atoms with Crippen molar-refractivity contribution in [1.82, 2.24) is 4.90 Å². The number of esters is 1. The van der Waals surface area contributed by atoms with Crippen molar-refractivity contribution in [2.24, 2.45) is 4.99 Å². The molecule has 0 saturated carbocycles. The summed E-state index contributed by atoms with van der Waals surface area (Å²) in [5.74, 6) is 0.130. The largest absolute Gasteiger partial charge is 0.465 e. The predicted octanol–water partition coefficient (Wildman–Crippen LogP) is 3.82. The van der Waals surface area contributed by atoms with Crippen LogP contribution in [0.15, 0.2) is 59.1 Å². The van der Waals surface area contributed by atoms with Gasteiger partial charge in [-0.1, -0.05) is 48.2 Å². The van der Waals surface area contributed by atoms with Gasteiger partial charge in [-0.3, -0.25) is 9.69 Å². The first-order chi connectivity index (χ1) is 13.7. The van der Waals surface area contributed by atoms with Crippen molar-refractivity contribution in [3.8, 4) is 0 Å². The van der Waals surface area contributed by atoms with E-state index in [4.69, 9.17) is 9.73 Å². The lowest BCUT2D eigenvalue weighted by atomic mass is 9.82. The van der Waals surface area contributed by atoms with Gasteiger partial charge in [0, 0.05) is 5.56 Å². The summed E-state index contributed by atoms with van der Waals surface area (Å²) in [4.78, 5) is 31.2. The van der Waals surface area contributed by atoms with Crippen molar-refractivity contribution in [3.63, 3.8) is 0 Å². The number of amides is 1. The minimum atomic E-state index is -0.364. The van der Waals surface area contributed by atoms with Crippen molar-refractivity contribution in [2.75, 3.05) is 12.9 Å². The van der Waals surface area contributed by atoms with Crippen LogP contribution in [0.2, 0.25) is 0 Å². The van der Waals surface area contributed by atoms with Gasteiger partial charge in [0.05, 0.1) is 30.2 Å². The molecule has 1 fully saturated rings. The molecule has 1 saturated heterocycles. The van der Waals surface area contributed by atoms with E-state index in [2.05, 4.69) is 18.2 Å². The molecule has 3 aliphatic rings. The molecule has 5 rings (SSSR count). The van der Waals surface area contributed by atoms with Crippen LogP contribution in [0.5, 0.6) is 0 Å². The van der Waals surface area contributed by atoms with Crippen LogP contribution in [0.1, 0.15) is 39.5 Å². The number of carbonyl (C=O) groups is 2. The molecule has 2 aliphatic heterocycles. The molecule has 1 amide bonds. The number of aliphatic imine (C=N–C) groups is 1. The van der Waals surface area contributed by atoms with Crippen molar-refractivity contribution in [3.05, 3.63) is 76.4 Å². The molecule has 0 radical (unpaired) electrons. The number of fused-ring (bicyclic) bond motifs is 3. The standard InChI is InChI=1S/C22H18N2O3S/c1-27-21(26)15-8-6-14(7-9-15)20-17-11-10-13-4-2-3-5-16(13)19(17)23-22-24(20)18(25)12-28-22/h2-9,20H,10-12H2,1H3/t20-/m1/s1. The molecule has 28 heavy (non-hydrogen) atoms. The van der Waals surface area contributed by atoms with E-state index in [0.29, 0.717) is 11.3 Å². The molecule has 2 aromatic rings. The summed E-state index contributed by atoms with van der Waals surface area (Å²) in [5, 5.41) is 0.766. The van der Waals surface area contributed by atoms with Gasteiger partial charge in [-0.2, -0.15) is 0 Å². The maximum Gasteiger partial charge on any atom is 0.337 e. The molecule has 5 nitrogen and oxygen atoms in total. The zero-order chi connectivity index (χ0) is 19.3. The third-order valence-electron chi connectivity index (χ3n) is 5.48. The maximum absolute atomic E-state index is 12.7. The Morgan fingerprint density at radius 1 is 1.14 bits per heavy atom. The number of rotatable bonds is 2. The predicted molar refractivity (Wildman–Crippen MR) is 109 cm³/mol. The smallest absolute Gasteiger partial charge is 0.337 e. The van der Waals surface area contributed by atoms with Crippen LogP contribution in [0, 0.1) is 0 Å². The SMILES string of the molecule is COC(=O)c1ccc([C@@H]2C3=C(N=C4SCC(=O)N42)c2ccccc2CC3)cc1. The lowest BCUT2D eigenvalue weighted by molar-refractivity contribution is -0.125. The molecule has 2 heterocycles. The summed E-state index contributed by atoms with van der Waals surface area (Å²) in [7, 11) is 1.37. The summed E-state index contributed by atoms with van der Waals surface area (Å²) in [6, 6.07) is 15.5. The Labute approximate surface area is 167 Å². The monoisotopic (exact) mass is 390 g/mol. The number of aryl methyl sites for hydroxylation is 1. The summed E-state index contributed by atoms with van der Waals surface area (Å²) in [6.45, 7) is 0. The minimum Gasteiger partial charge on any atom is -0.465 e. The highest BCUT2D eigenvalue weighted by atomic mass is 32.2. The molecular weight excluding hydrogens is 372 g/mol. The highest BCUT2D eigenvalue weighted by Gasteiger charge is 2.42. The van der Waals surface area contributed by atoms with E-state index in [1.807, 2.05) is 23.1 Å². The molecule has 0 N–H and O–H groups in total. The van der Waals surface area contributed by atoms with E-state index >= 15 is 0 Å². The van der Waals surface area contributed by atoms with Gasteiger partial charge in [-0.05, 0) is 41.7 Å². The van der Waals surface area contributed by atoms with E-state index < -0.39 is 0 Å². The Kier molecular flexibility index (Phi) is 4.09. The zero-order valence-electron chi connectivity index (χ0n) is 15.3. The van der Waals surface area contributed by atoms with Gasteiger partial charge in [0.1, 0.15) is 0 Å². The van der Waals surface area contributed by atoms with E-state index in [9.17, 15) is 9.59 Å². The number of methoxy groups -OCH3 is 1. The quantitative estimate of drug-likeness (QED) is 0.732. The Hall–Kier alpha value is -2.86. The molecule has 2 aromatic carbocycles. The molecular formula is C22H18N2O3S. The van der Waals surface area contributed by atoms with Crippen LogP contribution in [-0.2, 0) is 16.0 Å². The van der Waals surface area contributed by atoms with Crippen LogP contribution in [0.3, 0.4) is 0 Å². The van der Waals surface area contributed by atoms with Crippen LogP contribution in [0.4, 0.5) is 0 Å². The fourth-order valence-electron chi connectivity index (χ4n) is 4.16. The Balaban J connectivity index is 1.65. The van der Waals surface area contributed by atoms with Gasteiger partial charge in [0.15, 0.2) is 5.17 Å². The van der Waals surface area contributed by atoms with Gasteiger partial charge in [-0.15, -0.1) is 0 Å². The molecule has 1 aliphatic carbocycles. The average Bonchev–Trinajstić information content (AvgIpc) is 3.12. The third kappa shape index (κ3) is 2.59. The maximum atomic E-state index is 12.7. The highest BCUT2D eigenvalue weighted by Crippen LogP contribution is 2.47. The van der Waals surface area contributed by atoms with Gasteiger partial charge in [0.25, 0.3) is 0 Å². The number of ether oxygens (including phenoxy) is 1. The molecule has 0 aromatic heterocycles. The fraction of sp³-hybridized carbons (Fsp3) is 0.227. The van der Waals surface area contributed by atoms with Crippen LogP contribution in [-0.4, -0.2) is 34.8 Å². The summed E-state index contributed by atoms with van der Waals surface area (Å²) >= 11 is 1.49. The molecule has 0 bridgehead atoms. The lowest BCUT2D eigenvalue weighted by Gasteiger charge is -2.37. The van der Waals surface area contributed by atoms with Crippen molar-refractivity contribution >= 4 is 34.5 Å². The Bertz CT molecular complexity index is 1060. The Morgan fingerprint density at radius 2 is 1.93 bits per heavy atom. The second-order valence-electron chi connectivity index (χ2n) is 6.99. The van der Waals surface area contributed by atoms with Crippen molar-refractivity contribution < 1.29 is 14.3 Å². The van der Waals surface area contributed by atoms with Gasteiger partial charge >= 0.3 is 5.97 Å². The molecule has 140 valence electrons. The Morgan fingerprint density at radius 3 is 2.71 bits per heavy atom. The second-order valence-corrected chi connectivity index (χ2v) is 7.94. The third-order valence-corrected chi connectivity index (χ3v) is 6.42. The lowest BCUT2D eigenvalue weighted by Crippen LogP contribution is -2.38. The van der Waals surface area contributed by atoms with Crippen LogP contribution < -0.4 is 0 Å². The molecule has 0 unspecified atom stereocenters. The zero-order valence-corrected chi connectivity index (χ0v) is 16.2. The number of hydrogen-bond donors (Lipinski definition) is 0. The van der Waals surface area contributed by atoms with Crippen LogP contribution in [0.25, 0.3) is 5.70 Å². The summed E-state index contributed by atoms with van der Waals surface area (Å²) in [5.41, 5.74) is 6.12. The minimum absolute atomic E-state index is 0.0798. The van der Waals surface area contributed by atoms with Gasteiger partial charge in [0.2, 0.25) is 5.91 Å². The van der Waals surface area contributed by atoms with Gasteiger partial charge < -0.3 is 4.74 Å². The number of benzene rings is 2. The first-order valence-electron chi connectivity index (χ1n) is 9.20. The van der Waals surface area contributed by atoms with E-state index in [0.717, 1.165) is 34.8 Å². The normalized spacial score (nSPS) is 20.3. The number of amidine groups is 1. The number of nitrogens with zero attached hydrogens (tertiary/aromatic N) is 2. The number of hydrogen-bond acceptors (Lipinski definition) is 5. The number of carbonyl (C=O) groups excluding carboxylic acids is 2. The summed E-state index contributed by atoms with van der Waals surface area (Å²) < 4.78 is 4.80. The molecule has 6 heteroatoms.